The molecule has 3 aliphatic carbocycles. The Morgan fingerprint density at radius 3 is 2.52 bits per heavy atom. The molecule has 1 saturated heterocycles. The van der Waals surface area contributed by atoms with Crippen molar-refractivity contribution in [1.82, 2.24) is 0 Å². The number of fused-ring (bicyclic) bond motifs is 2. The van der Waals surface area contributed by atoms with Crippen molar-refractivity contribution in [3.05, 3.63) is 12.2 Å². The molecule has 0 aromatic rings. The predicted octanol–water partition coefficient (Wildman–Crippen LogP) is 5.52. The van der Waals surface area contributed by atoms with E-state index in [4.69, 9.17) is 4.74 Å². The van der Waals surface area contributed by atoms with Gasteiger partial charge in [0.05, 0.1) is 5.92 Å². The highest BCUT2D eigenvalue weighted by Gasteiger charge is 2.38. The van der Waals surface area contributed by atoms with Crippen LogP contribution in [0, 0.1) is 29.6 Å². The van der Waals surface area contributed by atoms with Crippen LogP contribution in [0.15, 0.2) is 12.2 Å². The van der Waals surface area contributed by atoms with Crippen LogP contribution in [-0.2, 0) is 9.53 Å². The summed E-state index contributed by atoms with van der Waals surface area (Å²) in [6.45, 7) is 8.55. The third-order valence-corrected chi connectivity index (χ3v) is 6.78. The molecule has 1 heterocycles. The molecule has 0 bridgehead atoms. The van der Waals surface area contributed by atoms with Crippen molar-refractivity contribution >= 4 is 5.97 Å². The third-order valence-electron chi connectivity index (χ3n) is 6.78. The highest BCUT2D eigenvalue weighted by Crippen LogP contribution is 2.45. The maximum absolute atomic E-state index is 11.1. The van der Waals surface area contributed by atoms with Crippen LogP contribution in [-0.4, -0.2) is 12.1 Å². The highest BCUT2D eigenvalue weighted by molar-refractivity contribution is 5.73. The Bertz CT molecular complexity index is 441. The van der Waals surface area contributed by atoms with Crippen molar-refractivity contribution in [1.29, 1.82) is 0 Å². The minimum absolute atomic E-state index is 0.0214. The average Bonchev–Trinajstić information content (AvgIpc) is 2.95. The second-order valence-electron chi connectivity index (χ2n) is 8.65. The van der Waals surface area contributed by atoms with Gasteiger partial charge < -0.3 is 4.74 Å². The van der Waals surface area contributed by atoms with E-state index >= 15 is 0 Å². The van der Waals surface area contributed by atoms with Crippen LogP contribution in [0.25, 0.3) is 0 Å². The van der Waals surface area contributed by atoms with Crippen LogP contribution in [0.5, 0.6) is 0 Å². The van der Waals surface area contributed by atoms with Crippen molar-refractivity contribution in [3.8, 4) is 0 Å². The lowest BCUT2D eigenvalue weighted by molar-refractivity contribution is -0.162. The Morgan fingerprint density at radius 2 is 1.70 bits per heavy atom. The molecule has 0 aromatic heterocycles. The molecule has 2 nitrogen and oxygen atoms in total. The van der Waals surface area contributed by atoms with Gasteiger partial charge >= 0.3 is 5.97 Å². The minimum Gasteiger partial charge on any atom is -0.462 e. The van der Waals surface area contributed by atoms with E-state index in [1.165, 1.54) is 56.9 Å². The molecule has 6 unspecified atom stereocenters. The molecule has 130 valence electrons. The molecule has 6 atom stereocenters. The fraction of sp³-hybridized carbons (Fsp3) is 0.857. The van der Waals surface area contributed by atoms with Gasteiger partial charge in [0.25, 0.3) is 0 Å². The molecule has 0 amide bonds. The van der Waals surface area contributed by atoms with Crippen LogP contribution in [0.1, 0.15) is 78.1 Å². The zero-order valence-corrected chi connectivity index (χ0v) is 15.1. The SMILES string of the molecule is C=C1CC(C)C2CCCCC2C1.CC1CC2CCCC2OC1=O. The Hall–Kier alpha value is -0.790. The highest BCUT2D eigenvalue weighted by atomic mass is 16.5. The molecule has 3 saturated carbocycles. The van der Waals surface area contributed by atoms with Gasteiger partial charge in [0, 0.05) is 0 Å². The Labute approximate surface area is 142 Å². The lowest BCUT2D eigenvalue weighted by Gasteiger charge is -2.40. The van der Waals surface area contributed by atoms with Gasteiger partial charge in [-0.05, 0) is 75.0 Å². The number of hydrogen-bond acceptors (Lipinski definition) is 2. The first-order chi connectivity index (χ1) is 11.0. The van der Waals surface area contributed by atoms with E-state index in [9.17, 15) is 4.79 Å². The largest absolute Gasteiger partial charge is 0.462 e. The zero-order valence-electron chi connectivity index (χ0n) is 15.1. The molecule has 23 heavy (non-hydrogen) atoms. The first kappa shape index (κ1) is 17.0. The van der Waals surface area contributed by atoms with Crippen molar-refractivity contribution in [2.75, 3.05) is 0 Å². The molecule has 0 N–H and O–H groups in total. The molecule has 1 aliphatic heterocycles. The first-order valence-electron chi connectivity index (χ1n) is 9.91. The topological polar surface area (TPSA) is 26.3 Å². The Balaban J connectivity index is 0.000000136. The Morgan fingerprint density at radius 1 is 0.957 bits per heavy atom. The van der Waals surface area contributed by atoms with Gasteiger partial charge in [0.15, 0.2) is 0 Å². The molecule has 4 fully saturated rings. The fourth-order valence-electron chi connectivity index (χ4n) is 5.54. The van der Waals surface area contributed by atoms with Crippen molar-refractivity contribution in [3.63, 3.8) is 0 Å². The van der Waals surface area contributed by atoms with Gasteiger partial charge in [-0.1, -0.05) is 38.8 Å². The van der Waals surface area contributed by atoms with E-state index in [2.05, 4.69) is 13.5 Å². The lowest BCUT2D eigenvalue weighted by atomic mass is 9.65. The number of rotatable bonds is 0. The minimum atomic E-state index is 0.0214. The van der Waals surface area contributed by atoms with E-state index in [0.29, 0.717) is 5.92 Å². The molecule has 4 rings (SSSR count). The number of carbonyl (C=O) groups excluding carboxylic acids is 1. The van der Waals surface area contributed by atoms with Gasteiger partial charge in [-0.3, -0.25) is 4.79 Å². The summed E-state index contributed by atoms with van der Waals surface area (Å²) in [6, 6.07) is 0. The van der Waals surface area contributed by atoms with Crippen LogP contribution < -0.4 is 0 Å². The number of esters is 1. The maximum atomic E-state index is 11.1. The standard InChI is InChI=1S/C12H20.C9H14O2/c1-9-7-10(2)12-6-4-3-5-11(12)8-9;1-6-5-7-3-2-4-8(7)11-9(6)10/h10-12H,1,3-8H2,2H3;6-8H,2-5H2,1H3. The number of hydrogen-bond donors (Lipinski definition) is 0. The lowest BCUT2D eigenvalue weighted by Crippen LogP contribution is -2.33. The molecule has 4 aliphatic rings. The third kappa shape index (κ3) is 4.00. The molecule has 0 aromatic carbocycles. The summed E-state index contributed by atoms with van der Waals surface area (Å²) in [6.07, 6.45) is 13.5. The smallest absolute Gasteiger partial charge is 0.308 e. The molecule has 2 heteroatoms. The van der Waals surface area contributed by atoms with E-state index in [1.54, 1.807) is 0 Å². The summed E-state index contributed by atoms with van der Waals surface area (Å²) >= 11 is 0. The number of allylic oxidation sites excluding steroid dienone is 1. The summed E-state index contributed by atoms with van der Waals surface area (Å²) in [5.41, 5.74) is 1.52. The molecule has 0 spiro atoms. The second kappa shape index (κ2) is 7.40. The van der Waals surface area contributed by atoms with Crippen LogP contribution in [0.4, 0.5) is 0 Å². The maximum Gasteiger partial charge on any atom is 0.308 e. The van der Waals surface area contributed by atoms with Gasteiger partial charge in [0.1, 0.15) is 6.10 Å². The normalized spacial score (nSPS) is 42.9. The average molecular weight is 319 g/mol. The molecule has 0 radical (unpaired) electrons. The van der Waals surface area contributed by atoms with Gasteiger partial charge in [0.2, 0.25) is 0 Å². The molecular weight excluding hydrogens is 284 g/mol. The van der Waals surface area contributed by atoms with Crippen molar-refractivity contribution < 1.29 is 9.53 Å². The molecular formula is C21H34O2. The first-order valence-corrected chi connectivity index (χ1v) is 9.91. The number of carbonyl (C=O) groups is 1. The van der Waals surface area contributed by atoms with E-state index in [1.807, 2.05) is 6.92 Å². The summed E-state index contributed by atoms with van der Waals surface area (Å²) in [5, 5.41) is 0. The monoisotopic (exact) mass is 318 g/mol. The van der Waals surface area contributed by atoms with Crippen molar-refractivity contribution in [2.24, 2.45) is 29.6 Å². The predicted molar refractivity (Wildman–Crippen MR) is 94.0 cm³/mol. The number of ether oxygens (including phenoxy) is 1. The Kier molecular flexibility index (Phi) is 5.49. The summed E-state index contributed by atoms with van der Waals surface area (Å²) < 4.78 is 5.28. The van der Waals surface area contributed by atoms with Crippen LogP contribution >= 0.6 is 0 Å². The van der Waals surface area contributed by atoms with Gasteiger partial charge in [-0.2, -0.15) is 0 Å². The second-order valence-corrected chi connectivity index (χ2v) is 8.65. The summed E-state index contributed by atoms with van der Waals surface area (Å²) in [4.78, 5) is 11.1. The van der Waals surface area contributed by atoms with Crippen molar-refractivity contribution in [2.45, 2.75) is 84.2 Å². The summed E-state index contributed by atoms with van der Waals surface area (Å²) in [7, 11) is 0. The quantitative estimate of drug-likeness (QED) is 0.434. The van der Waals surface area contributed by atoms with Gasteiger partial charge in [-0.15, -0.1) is 0 Å². The van der Waals surface area contributed by atoms with E-state index < -0.39 is 0 Å². The fourth-order valence-corrected chi connectivity index (χ4v) is 5.54. The van der Waals surface area contributed by atoms with Gasteiger partial charge in [-0.25, -0.2) is 0 Å². The van der Waals surface area contributed by atoms with E-state index in [0.717, 1.165) is 30.6 Å². The summed E-state index contributed by atoms with van der Waals surface area (Å²) in [5.74, 6) is 3.83. The van der Waals surface area contributed by atoms with Crippen LogP contribution in [0.3, 0.4) is 0 Å². The van der Waals surface area contributed by atoms with Crippen LogP contribution in [0.2, 0.25) is 0 Å². The van der Waals surface area contributed by atoms with E-state index in [-0.39, 0.29) is 18.0 Å². The zero-order chi connectivity index (χ0) is 16.4.